The summed E-state index contributed by atoms with van der Waals surface area (Å²) >= 11 is 3.63. The van der Waals surface area contributed by atoms with E-state index < -0.39 is 0 Å². The largest absolute Gasteiger partial charge is 0.330 e. The molecule has 0 heterocycles. The molecule has 1 aliphatic carbocycles. The smallest absolute Gasteiger partial charge is 0.0242 e. The van der Waals surface area contributed by atoms with Gasteiger partial charge in [0.25, 0.3) is 0 Å². The van der Waals surface area contributed by atoms with Crippen LogP contribution in [0.25, 0.3) is 0 Å². The Balaban J connectivity index is 1.79. The summed E-state index contributed by atoms with van der Waals surface area (Å²) in [6, 6.07) is 8.50. The zero-order valence-corrected chi connectivity index (χ0v) is 13.4. The molecule has 0 aromatic heterocycles. The Morgan fingerprint density at radius 1 is 1.16 bits per heavy atom. The van der Waals surface area contributed by atoms with Gasteiger partial charge in [0.1, 0.15) is 0 Å². The van der Waals surface area contributed by atoms with Crippen molar-refractivity contribution in [2.75, 3.05) is 20.1 Å². The summed E-state index contributed by atoms with van der Waals surface area (Å²) in [7, 11) is 2.23. The highest BCUT2D eigenvalue weighted by atomic mass is 79.9. The molecule has 1 fully saturated rings. The van der Waals surface area contributed by atoms with Gasteiger partial charge in [-0.2, -0.15) is 0 Å². The molecule has 0 aliphatic heterocycles. The molecule has 1 aromatic rings. The van der Waals surface area contributed by atoms with E-state index in [4.69, 9.17) is 5.73 Å². The van der Waals surface area contributed by atoms with E-state index in [1.807, 2.05) is 0 Å². The third-order valence-corrected chi connectivity index (χ3v) is 5.04. The molecule has 0 spiro atoms. The van der Waals surface area contributed by atoms with Crippen LogP contribution in [0.15, 0.2) is 28.7 Å². The molecule has 106 valence electrons. The van der Waals surface area contributed by atoms with Crippen molar-refractivity contribution >= 4 is 15.9 Å². The summed E-state index contributed by atoms with van der Waals surface area (Å²) in [5.41, 5.74) is 7.13. The molecule has 0 bridgehead atoms. The van der Waals surface area contributed by atoms with Gasteiger partial charge in [-0.05, 0) is 62.7 Å². The molecular formula is C16H25BrN2. The van der Waals surface area contributed by atoms with Gasteiger partial charge in [-0.15, -0.1) is 0 Å². The van der Waals surface area contributed by atoms with Crippen LogP contribution in [0.1, 0.15) is 31.2 Å². The van der Waals surface area contributed by atoms with Crippen LogP contribution in [0, 0.1) is 11.8 Å². The lowest BCUT2D eigenvalue weighted by molar-refractivity contribution is 0.201. The van der Waals surface area contributed by atoms with Crippen LogP contribution < -0.4 is 5.73 Å². The molecule has 3 heteroatoms. The maximum absolute atomic E-state index is 5.75. The third kappa shape index (κ3) is 4.59. The second-order valence-corrected chi connectivity index (χ2v) is 6.76. The monoisotopic (exact) mass is 324 g/mol. The molecule has 2 rings (SSSR count). The van der Waals surface area contributed by atoms with Crippen molar-refractivity contribution < 1.29 is 0 Å². The molecule has 0 unspecified atom stereocenters. The number of nitrogens with zero attached hydrogens (tertiary/aromatic N) is 1. The normalized spacial score (nSPS) is 23.8. The summed E-state index contributed by atoms with van der Waals surface area (Å²) in [6.07, 6.45) is 5.35. The molecule has 0 radical (unpaired) electrons. The molecule has 0 saturated heterocycles. The van der Waals surface area contributed by atoms with Crippen LogP contribution in [0.5, 0.6) is 0 Å². The number of hydrogen-bond acceptors (Lipinski definition) is 2. The van der Waals surface area contributed by atoms with E-state index in [0.717, 1.165) is 24.9 Å². The highest BCUT2D eigenvalue weighted by Crippen LogP contribution is 2.29. The zero-order chi connectivity index (χ0) is 13.7. The average Bonchev–Trinajstić information content (AvgIpc) is 2.42. The first-order valence-corrected chi connectivity index (χ1v) is 8.10. The van der Waals surface area contributed by atoms with Crippen LogP contribution in [-0.2, 0) is 6.54 Å². The van der Waals surface area contributed by atoms with Gasteiger partial charge in [-0.1, -0.05) is 34.1 Å². The second kappa shape index (κ2) is 7.41. The predicted octanol–water partition coefficient (Wildman–Crippen LogP) is 3.65. The Morgan fingerprint density at radius 2 is 1.79 bits per heavy atom. The van der Waals surface area contributed by atoms with Crippen LogP contribution in [-0.4, -0.2) is 25.0 Å². The maximum Gasteiger partial charge on any atom is 0.0242 e. The number of rotatable bonds is 5. The number of benzene rings is 1. The predicted molar refractivity (Wildman–Crippen MR) is 85.0 cm³/mol. The summed E-state index contributed by atoms with van der Waals surface area (Å²) in [6.45, 7) is 3.11. The molecule has 2 nitrogen and oxygen atoms in total. The van der Waals surface area contributed by atoms with Crippen LogP contribution in [0.4, 0.5) is 0 Å². The van der Waals surface area contributed by atoms with Crippen LogP contribution in [0.2, 0.25) is 0 Å². The van der Waals surface area contributed by atoms with Crippen molar-refractivity contribution in [1.29, 1.82) is 0 Å². The van der Waals surface area contributed by atoms with Gasteiger partial charge in [0, 0.05) is 17.6 Å². The van der Waals surface area contributed by atoms with Gasteiger partial charge in [-0.25, -0.2) is 0 Å². The molecule has 1 aromatic carbocycles. The SMILES string of the molecule is CN(Cc1ccccc1Br)CC1CCC(CN)CC1. The van der Waals surface area contributed by atoms with E-state index in [-0.39, 0.29) is 0 Å². The van der Waals surface area contributed by atoms with E-state index in [2.05, 4.69) is 52.1 Å². The minimum Gasteiger partial charge on any atom is -0.330 e. The average molecular weight is 325 g/mol. The Kier molecular flexibility index (Phi) is 5.86. The number of halogens is 1. The zero-order valence-electron chi connectivity index (χ0n) is 11.8. The summed E-state index contributed by atoms with van der Waals surface area (Å²) in [5.74, 6) is 1.64. The number of nitrogens with two attached hydrogens (primary N) is 1. The first kappa shape index (κ1) is 15.0. The van der Waals surface area contributed by atoms with Gasteiger partial charge in [0.15, 0.2) is 0 Å². The van der Waals surface area contributed by atoms with Crippen LogP contribution >= 0.6 is 15.9 Å². The van der Waals surface area contributed by atoms with Gasteiger partial charge in [0.05, 0.1) is 0 Å². The Hall–Kier alpha value is -0.380. The highest BCUT2D eigenvalue weighted by molar-refractivity contribution is 9.10. The lowest BCUT2D eigenvalue weighted by atomic mass is 9.82. The van der Waals surface area contributed by atoms with Gasteiger partial charge >= 0.3 is 0 Å². The van der Waals surface area contributed by atoms with Crippen molar-refractivity contribution in [2.45, 2.75) is 32.2 Å². The fraction of sp³-hybridized carbons (Fsp3) is 0.625. The Morgan fingerprint density at radius 3 is 2.42 bits per heavy atom. The second-order valence-electron chi connectivity index (χ2n) is 5.91. The minimum atomic E-state index is 0.782. The molecule has 2 N–H and O–H groups in total. The molecule has 19 heavy (non-hydrogen) atoms. The molecule has 1 aliphatic rings. The van der Waals surface area contributed by atoms with E-state index in [1.54, 1.807) is 0 Å². The van der Waals surface area contributed by atoms with Gasteiger partial charge in [-0.3, -0.25) is 0 Å². The number of hydrogen-bond donors (Lipinski definition) is 1. The van der Waals surface area contributed by atoms with Gasteiger partial charge < -0.3 is 10.6 Å². The van der Waals surface area contributed by atoms with E-state index in [1.165, 1.54) is 42.3 Å². The topological polar surface area (TPSA) is 29.3 Å². The maximum atomic E-state index is 5.75. The molecule has 0 amide bonds. The lowest BCUT2D eigenvalue weighted by Gasteiger charge is -2.30. The third-order valence-electron chi connectivity index (χ3n) is 4.27. The standard InChI is InChI=1S/C16H25BrN2/c1-19(12-15-4-2-3-5-16(15)17)11-14-8-6-13(10-18)7-9-14/h2-5,13-14H,6-12,18H2,1H3. The van der Waals surface area contributed by atoms with E-state index in [9.17, 15) is 0 Å². The van der Waals surface area contributed by atoms with Crippen molar-refractivity contribution in [2.24, 2.45) is 17.6 Å². The molecular weight excluding hydrogens is 300 g/mol. The van der Waals surface area contributed by atoms with E-state index >= 15 is 0 Å². The minimum absolute atomic E-state index is 0.782. The summed E-state index contributed by atoms with van der Waals surface area (Å²) in [5, 5.41) is 0. The van der Waals surface area contributed by atoms with Crippen molar-refractivity contribution in [3.63, 3.8) is 0 Å². The van der Waals surface area contributed by atoms with Crippen LogP contribution in [0.3, 0.4) is 0 Å². The molecule has 0 atom stereocenters. The Bertz CT molecular complexity index is 386. The first-order chi connectivity index (χ1) is 9.19. The van der Waals surface area contributed by atoms with E-state index in [0.29, 0.717) is 0 Å². The molecule has 1 saturated carbocycles. The van der Waals surface area contributed by atoms with Crippen molar-refractivity contribution in [1.82, 2.24) is 4.90 Å². The Labute approximate surface area is 125 Å². The van der Waals surface area contributed by atoms with Crippen molar-refractivity contribution in [3.05, 3.63) is 34.3 Å². The van der Waals surface area contributed by atoms with Gasteiger partial charge in [0.2, 0.25) is 0 Å². The first-order valence-electron chi connectivity index (χ1n) is 7.31. The fourth-order valence-electron chi connectivity index (χ4n) is 3.07. The lowest BCUT2D eigenvalue weighted by Crippen LogP contribution is -2.30. The summed E-state index contributed by atoms with van der Waals surface area (Å²) < 4.78 is 1.22. The fourth-order valence-corrected chi connectivity index (χ4v) is 3.48. The summed E-state index contributed by atoms with van der Waals surface area (Å²) in [4.78, 5) is 2.45. The highest BCUT2D eigenvalue weighted by Gasteiger charge is 2.21. The quantitative estimate of drug-likeness (QED) is 0.895. The van der Waals surface area contributed by atoms with Crippen molar-refractivity contribution in [3.8, 4) is 0 Å².